The molecule has 0 aromatic heterocycles. The van der Waals surface area contributed by atoms with E-state index in [1.807, 2.05) is 37.3 Å². The lowest BCUT2D eigenvalue weighted by molar-refractivity contribution is -0.139. The highest BCUT2D eigenvalue weighted by molar-refractivity contribution is 7.92. The molecule has 0 fully saturated rings. The Bertz CT molecular complexity index is 1310. The third-order valence-electron chi connectivity index (χ3n) is 5.94. The van der Waals surface area contributed by atoms with E-state index in [2.05, 4.69) is 5.32 Å². The van der Waals surface area contributed by atoms with E-state index in [0.29, 0.717) is 12.3 Å². The second kappa shape index (κ2) is 12.4. The van der Waals surface area contributed by atoms with Crippen LogP contribution in [0.1, 0.15) is 25.0 Å². The van der Waals surface area contributed by atoms with Gasteiger partial charge in [-0.3, -0.25) is 13.9 Å². The fraction of sp³-hybridized carbons (Fsp3) is 0.286. The van der Waals surface area contributed by atoms with Gasteiger partial charge in [0.1, 0.15) is 18.3 Å². The number of nitrogens with one attached hydrogen (secondary N) is 1. The number of rotatable bonds is 11. The molecule has 0 spiro atoms. The molecule has 1 atom stereocenters. The van der Waals surface area contributed by atoms with Crippen molar-refractivity contribution in [3.05, 3.63) is 90.0 Å². The first-order chi connectivity index (χ1) is 17.7. The zero-order valence-electron chi connectivity index (χ0n) is 21.5. The Morgan fingerprint density at radius 3 is 2.27 bits per heavy atom. The summed E-state index contributed by atoms with van der Waals surface area (Å²) in [6, 6.07) is 21.4. The summed E-state index contributed by atoms with van der Waals surface area (Å²) in [6.45, 7) is 5.36. The Morgan fingerprint density at radius 2 is 1.65 bits per heavy atom. The summed E-state index contributed by atoms with van der Waals surface area (Å²) in [7, 11) is -2.64. The minimum atomic E-state index is -4.12. The Balaban J connectivity index is 2.04. The fourth-order valence-corrected chi connectivity index (χ4v) is 5.22. The monoisotopic (exact) mass is 523 g/mol. The summed E-state index contributed by atoms with van der Waals surface area (Å²) < 4.78 is 34.0. The first-order valence-corrected chi connectivity index (χ1v) is 13.5. The molecule has 3 aromatic rings. The summed E-state index contributed by atoms with van der Waals surface area (Å²) in [5.74, 6) is -0.381. The molecule has 37 heavy (non-hydrogen) atoms. The lowest BCUT2D eigenvalue weighted by atomic mass is 10.1. The largest absolute Gasteiger partial charge is 0.497 e. The summed E-state index contributed by atoms with van der Waals surface area (Å²) >= 11 is 0. The van der Waals surface area contributed by atoms with Crippen LogP contribution in [0.2, 0.25) is 0 Å². The van der Waals surface area contributed by atoms with Crippen LogP contribution in [-0.2, 0) is 26.2 Å². The molecule has 0 bridgehead atoms. The number of sulfonamides is 1. The molecule has 0 aliphatic rings. The van der Waals surface area contributed by atoms with E-state index in [4.69, 9.17) is 4.74 Å². The zero-order chi connectivity index (χ0) is 27.0. The minimum Gasteiger partial charge on any atom is -0.497 e. The van der Waals surface area contributed by atoms with Crippen molar-refractivity contribution in [2.75, 3.05) is 24.5 Å². The van der Waals surface area contributed by atoms with E-state index in [1.165, 1.54) is 24.1 Å². The molecular weight excluding hydrogens is 490 g/mol. The number of hydrogen-bond donors (Lipinski definition) is 1. The Morgan fingerprint density at radius 1 is 0.973 bits per heavy atom. The number of hydrogen-bond acceptors (Lipinski definition) is 5. The number of carbonyl (C=O) groups excluding carboxylic acids is 2. The molecule has 0 unspecified atom stereocenters. The normalized spacial score (nSPS) is 11.9. The van der Waals surface area contributed by atoms with Gasteiger partial charge in [-0.2, -0.15) is 0 Å². The zero-order valence-corrected chi connectivity index (χ0v) is 22.4. The highest BCUT2D eigenvalue weighted by Gasteiger charge is 2.32. The topological polar surface area (TPSA) is 96.0 Å². The van der Waals surface area contributed by atoms with Gasteiger partial charge >= 0.3 is 0 Å². The van der Waals surface area contributed by atoms with E-state index in [0.717, 1.165) is 15.4 Å². The van der Waals surface area contributed by atoms with Gasteiger partial charge in [0, 0.05) is 19.2 Å². The summed E-state index contributed by atoms with van der Waals surface area (Å²) in [6.07, 6.45) is 0. The first-order valence-electron chi connectivity index (χ1n) is 12.0. The van der Waals surface area contributed by atoms with Gasteiger partial charge < -0.3 is 15.0 Å². The van der Waals surface area contributed by atoms with Crippen molar-refractivity contribution in [3.63, 3.8) is 0 Å². The molecule has 1 N–H and O–H groups in total. The van der Waals surface area contributed by atoms with Crippen molar-refractivity contribution in [2.45, 2.75) is 38.3 Å². The van der Waals surface area contributed by atoms with Crippen LogP contribution >= 0.6 is 0 Å². The molecule has 9 heteroatoms. The van der Waals surface area contributed by atoms with Gasteiger partial charge in [-0.25, -0.2) is 8.42 Å². The second-order valence-electron chi connectivity index (χ2n) is 8.60. The average Bonchev–Trinajstić information content (AvgIpc) is 2.90. The van der Waals surface area contributed by atoms with E-state index in [9.17, 15) is 18.0 Å². The SMILES string of the molecule is CCNC(=O)[C@H](C)N(Cc1ccccc1)C(=O)CN(c1cccc(OC)c1)S(=O)(=O)c1ccc(C)cc1. The highest BCUT2D eigenvalue weighted by Crippen LogP contribution is 2.27. The molecule has 3 aromatic carbocycles. The summed E-state index contributed by atoms with van der Waals surface area (Å²) in [5, 5.41) is 2.75. The van der Waals surface area contributed by atoms with Gasteiger partial charge in [-0.05, 0) is 50.6 Å². The number of benzene rings is 3. The highest BCUT2D eigenvalue weighted by atomic mass is 32.2. The number of amides is 2. The van der Waals surface area contributed by atoms with Crippen LogP contribution in [0.15, 0.2) is 83.8 Å². The van der Waals surface area contributed by atoms with Crippen molar-refractivity contribution in [1.82, 2.24) is 10.2 Å². The summed E-state index contributed by atoms with van der Waals surface area (Å²) in [5.41, 5.74) is 2.01. The predicted octanol–water partition coefficient (Wildman–Crippen LogP) is 3.75. The van der Waals surface area contributed by atoms with Crippen molar-refractivity contribution >= 4 is 27.5 Å². The maximum Gasteiger partial charge on any atom is 0.264 e. The number of likely N-dealkylation sites (N-methyl/N-ethyl adjacent to an activating group) is 1. The maximum atomic E-state index is 13.8. The number of carbonyl (C=O) groups is 2. The van der Waals surface area contributed by atoms with Gasteiger partial charge in [0.25, 0.3) is 10.0 Å². The Labute approximate surface area is 218 Å². The van der Waals surface area contributed by atoms with Crippen LogP contribution in [0, 0.1) is 6.92 Å². The lowest BCUT2D eigenvalue weighted by Crippen LogP contribution is -2.51. The molecule has 0 heterocycles. The summed E-state index contributed by atoms with van der Waals surface area (Å²) in [4.78, 5) is 27.9. The predicted molar refractivity (Wildman–Crippen MR) is 144 cm³/mol. The molecule has 0 saturated heterocycles. The van der Waals surface area contributed by atoms with Gasteiger partial charge in [-0.1, -0.05) is 54.1 Å². The smallest absolute Gasteiger partial charge is 0.264 e. The van der Waals surface area contributed by atoms with Gasteiger partial charge in [0.05, 0.1) is 17.7 Å². The lowest BCUT2D eigenvalue weighted by Gasteiger charge is -2.32. The Hall–Kier alpha value is -3.85. The average molecular weight is 524 g/mol. The van der Waals surface area contributed by atoms with E-state index in [-0.39, 0.29) is 23.0 Å². The van der Waals surface area contributed by atoms with Gasteiger partial charge in [0.15, 0.2) is 0 Å². The third kappa shape index (κ3) is 6.89. The van der Waals surface area contributed by atoms with Gasteiger partial charge in [0.2, 0.25) is 11.8 Å². The van der Waals surface area contributed by atoms with Crippen molar-refractivity contribution in [3.8, 4) is 5.75 Å². The minimum absolute atomic E-state index is 0.0557. The molecule has 3 rings (SSSR count). The molecule has 0 aliphatic heterocycles. The molecule has 0 radical (unpaired) electrons. The molecule has 2 amide bonds. The van der Waals surface area contributed by atoms with E-state index in [1.54, 1.807) is 50.2 Å². The number of ether oxygens (including phenoxy) is 1. The van der Waals surface area contributed by atoms with Crippen LogP contribution in [0.4, 0.5) is 5.69 Å². The van der Waals surface area contributed by atoms with E-state index < -0.39 is 28.5 Å². The molecule has 0 saturated carbocycles. The quantitative estimate of drug-likeness (QED) is 0.413. The van der Waals surface area contributed by atoms with Crippen LogP contribution in [-0.4, -0.2) is 51.4 Å². The second-order valence-corrected chi connectivity index (χ2v) is 10.5. The van der Waals surface area contributed by atoms with Crippen molar-refractivity contribution in [2.24, 2.45) is 0 Å². The first kappa shape index (κ1) is 27.7. The number of methoxy groups -OCH3 is 1. The number of anilines is 1. The number of nitrogens with zero attached hydrogens (tertiary/aromatic N) is 2. The molecule has 196 valence electrons. The maximum absolute atomic E-state index is 13.8. The van der Waals surface area contributed by atoms with Crippen molar-refractivity contribution < 1.29 is 22.7 Å². The van der Waals surface area contributed by atoms with Crippen LogP contribution in [0.5, 0.6) is 5.75 Å². The number of aryl methyl sites for hydroxylation is 1. The van der Waals surface area contributed by atoms with E-state index >= 15 is 0 Å². The van der Waals surface area contributed by atoms with Crippen LogP contribution in [0.3, 0.4) is 0 Å². The van der Waals surface area contributed by atoms with Gasteiger partial charge in [-0.15, -0.1) is 0 Å². The fourth-order valence-electron chi connectivity index (χ4n) is 3.82. The standard InChI is InChI=1S/C28H33N3O5S/c1-5-29-28(33)22(3)30(19-23-10-7-6-8-11-23)27(32)20-31(24-12-9-13-25(18-24)36-4)37(34,35)26-16-14-21(2)15-17-26/h6-18,22H,5,19-20H2,1-4H3,(H,29,33)/t22-/m0/s1. The third-order valence-corrected chi connectivity index (χ3v) is 7.73. The van der Waals surface area contributed by atoms with Crippen LogP contribution in [0.25, 0.3) is 0 Å². The van der Waals surface area contributed by atoms with Crippen molar-refractivity contribution in [1.29, 1.82) is 0 Å². The molecule has 8 nitrogen and oxygen atoms in total. The Kier molecular flexibility index (Phi) is 9.30. The molecular formula is C28H33N3O5S. The van der Waals surface area contributed by atoms with Crippen LogP contribution < -0.4 is 14.4 Å². The molecule has 0 aliphatic carbocycles.